The van der Waals surface area contributed by atoms with E-state index < -0.39 is 0 Å². The van der Waals surface area contributed by atoms with Gasteiger partial charge in [-0.05, 0) is 18.2 Å². The van der Waals surface area contributed by atoms with Crippen molar-refractivity contribution in [1.82, 2.24) is 9.88 Å². The Morgan fingerprint density at radius 2 is 2.13 bits per heavy atom. The molecule has 1 aliphatic heterocycles. The maximum atomic E-state index is 6.16. The third kappa shape index (κ3) is 2.01. The summed E-state index contributed by atoms with van der Waals surface area (Å²) in [4.78, 5) is 6.29. The quantitative estimate of drug-likeness (QED) is 0.751. The third-order valence-electron chi connectivity index (χ3n) is 2.25. The minimum absolute atomic E-state index is 0.559. The molecule has 15 heavy (non-hydrogen) atoms. The molecular weight excluding hydrogens is 231 g/mol. The highest BCUT2D eigenvalue weighted by molar-refractivity contribution is 6.46. The molecule has 0 spiro atoms. The van der Waals surface area contributed by atoms with Crippen LogP contribution in [0.4, 0.5) is 0 Å². The zero-order chi connectivity index (χ0) is 10.8. The molecule has 0 saturated heterocycles. The van der Waals surface area contributed by atoms with Crippen LogP contribution in [0.2, 0.25) is 0 Å². The second-order valence-corrected chi connectivity index (χ2v) is 4.10. The normalized spacial score (nSPS) is 16.7. The minimum Gasteiger partial charge on any atom is -0.368 e. The summed E-state index contributed by atoms with van der Waals surface area (Å²) in [5.41, 5.74) is 1.72. The van der Waals surface area contributed by atoms with Crippen molar-refractivity contribution in [2.75, 3.05) is 13.6 Å². The van der Waals surface area contributed by atoms with E-state index in [1.807, 2.05) is 36.2 Å². The van der Waals surface area contributed by atoms with Gasteiger partial charge in [0.05, 0.1) is 21.5 Å². The molecule has 2 rings (SSSR count). The molecule has 1 aliphatic rings. The van der Waals surface area contributed by atoms with Crippen LogP contribution in [-0.4, -0.2) is 23.5 Å². The van der Waals surface area contributed by atoms with Crippen LogP contribution in [0, 0.1) is 0 Å². The average molecular weight is 241 g/mol. The molecule has 0 radical (unpaired) electrons. The van der Waals surface area contributed by atoms with Gasteiger partial charge in [0, 0.05) is 19.8 Å². The summed E-state index contributed by atoms with van der Waals surface area (Å²) in [6.07, 6.45) is 3.63. The van der Waals surface area contributed by atoms with Crippen LogP contribution >= 0.6 is 23.2 Å². The van der Waals surface area contributed by atoms with E-state index in [0.29, 0.717) is 10.1 Å². The Kier molecular flexibility index (Phi) is 2.98. The summed E-state index contributed by atoms with van der Waals surface area (Å²) in [5.74, 6) is 0. The molecule has 2 nitrogen and oxygen atoms in total. The van der Waals surface area contributed by atoms with Crippen molar-refractivity contribution in [1.29, 1.82) is 0 Å². The van der Waals surface area contributed by atoms with E-state index in [9.17, 15) is 0 Å². The van der Waals surface area contributed by atoms with Crippen molar-refractivity contribution in [2.45, 2.75) is 0 Å². The number of allylic oxidation sites excluding steroid dienone is 2. The molecule has 1 aromatic heterocycles. The number of halogens is 2. The number of nitrogens with zero attached hydrogens (tertiary/aromatic N) is 2. The largest absolute Gasteiger partial charge is 0.368 e. The number of hydrogen-bond donors (Lipinski definition) is 0. The second kappa shape index (κ2) is 4.25. The van der Waals surface area contributed by atoms with E-state index in [0.717, 1.165) is 17.9 Å². The molecular formula is C11H10Cl2N2. The van der Waals surface area contributed by atoms with Gasteiger partial charge in [0.15, 0.2) is 0 Å². The van der Waals surface area contributed by atoms with Crippen molar-refractivity contribution in [3.05, 3.63) is 46.2 Å². The van der Waals surface area contributed by atoms with Crippen LogP contribution in [-0.2, 0) is 0 Å². The third-order valence-corrected chi connectivity index (χ3v) is 3.07. The fourth-order valence-electron chi connectivity index (χ4n) is 1.49. The first-order valence-corrected chi connectivity index (χ1v) is 5.34. The molecule has 0 unspecified atom stereocenters. The molecule has 1 aromatic rings. The SMILES string of the molecule is CN1CC=C(Cl)C(Cl)=C1c1ccccn1. The lowest BCUT2D eigenvalue weighted by molar-refractivity contribution is 0.527. The van der Waals surface area contributed by atoms with Gasteiger partial charge < -0.3 is 4.90 Å². The van der Waals surface area contributed by atoms with Crippen LogP contribution in [0.1, 0.15) is 5.69 Å². The van der Waals surface area contributed by atoms with E-state index >= 15 is 0 Å². The van der Waals surface area contributed by atoms with Crippen LogP contribution in [0.15, 0.2) is 40.5 Å². The Morgan fingerprint density at radius 3 is 2.80 bits per heavy atom. The molecule has 0 aromatic carbocycles. The van der Waals surface area contributed by atoms with Crippen molar-refractivity contribution in [3.8, 4) is 0 Å². The molecule has 0 saturated carbocycles. The lowest BCUT2D eigenvalue weighted by Gasteiger charge is -2.25. The van der Waals surface area contributed by atoms with Gasteiger partial charge >= 0.3 is 0 Å². The maximum Gasteiger partial charge on any atom is 0.0878 e. The van der Waals surface area contributed by atoms with Gasteiger partial charge in [0.2, 0.25) is 0 Å². The Labute approximate surface area is 98.8 Å². The van der Waals surface area contributed by atoms with Crippen LogP contribution in [0.25, 0.3) is 5.70 Å². The van der Waals surface area contributed by atoms with E-state index in [2.05, 4.69) is 4.98 Å². The first-order chi connectivity index (χ1) is 7.20. The second-order valence-electron chi connectivity index (χ2n) is 3.31. The van der Waals surface area contributed by atoms with E-state index in [4.69, 9.17) is 23.2 Å². The molecule has 0 N–H and O–H groups in total. The Balaban J connectivity index is 2.51. The fourth-order valence-corrected chi connectivity index (χ4v) is 1.97. The van der Waals surface area contributed by atoms with Crippen molar-refractivity contribution in [3.63, 3.8) is 0 Å². The number of likely N-dealkylation sites (N-methyl/N-ethyl adjacent to an activating group) is 1. The molecule has 2 heterocycles. The number of pyridine rings is 1. The Hall–Kier alpha value is -0.990. The summed E-state index contributed by atoms with van der Waals surface area (Å²) in [5, 5.41) is 1.15. The summed E-state index contributed by atoms with van der Waals surface area (Å²) < 4.78 is 0. The summed E-state index contributed by atoms with van der Waals surface area (Å²) >= 11 is 12.2. The van der Waals surface area contributed by atoms with Crippen molar-refractivity contribution in [2.24, 2.45) is 0 Å². The average Bonchev–Trinajstić information content (AvgIpc) is 2.26. The highest BCUT2D eigenvalue weighted by Gasteiger charge is 2.19. The monoisotopic (exact) mass is 240 g/mol. The minimum atomic E-state index is 0.559. The van der Waals surface area contributed by atoms with Crippen LogP contribution in [0.5, 0.6) is 0 Å². The number of rotatable bonds is 1. The van der Waals surface area contributed by atoms with Crippen LogP contribution in [0.3, 0.4) is 0 Å². The standard InChI is InChI=1S/C11H10Cl2N2/c1-15-7-5-8(12)10(13)11(15)9-4-2-3-6-14-9/h2-6H,7H2,1H3. The van der Waals surface area contributed by atoms with Crippen molar-refractivity contribution >= 4 is 28.9 Å². The lowest BCUT2D eigenvalue weighted by Crippen LogP contribution is -2.21. The van der Waals surface area contributed by atoms with Gasteiger partial charge in [0.25, 0.3) is 0 Å². The van der Waals surface area contributed by atoms with Gasteiger partial charge in [-0.2, -0.15) is 0 Å². The highest BCUT2D eigenvalue weighted by Crippen LogP contribution is 2.33. The van der Waals surface area contributed by atoms with Crippen molar-refractivity contribution < 1.29 is 0 Å². The van der Waals surface area contributed by atoms with Crippen LogP contribution < -0.4 is 0 Å². The molecule has 0 amide bonds. The number of aromatic nitrogens is 1. The summed E-state index contributed by atoms with van der Waals surface area (Å²) in [7, 11) is 1.96. The highest BCUT2D eigenvalue weighted by atomic mass is 35.5. The van der Waals surface area contributed by atoms with Gasteiger partial charge in [-0.15, -0.1) is 0 Å². The first kappa shape index (κ1) is 10.5. The predicted molar refractivity (Wildman–Crippen MR) is 63.6 cm³/mol. The maximum absolute atomic E-state index is 6.16. The Morgan fingerprint density at radius 1 is 1.33 bits per heavy atom. The fraction of sp³-hybridized carbons (Fsp3) is 0.182. The zero-order valence-corrected chi connectivity index (χ0v) is 9.76. The summed E-state index contributed by atoms with van der Waals surface area (Å²) in [6.45, 7) is 0.751. The lowest BCUT2D eigenvalue weighted by atomic mass is 10.2. The zero-order valence-electron chi connectivity index (χ0n) is 8.24. The van der Waals surface area contributed by atoms with E-state index in [1.54, 1.807) is 6.20 Å². The smallest absolute Gasteiger partial charge is 0.0878 e. The molecule has 4 heteroatoms. The van der Waals surface area contributed by atoms with Gasteiger partial charge in [-0.25, -0.2) is 0 Å². The molecule has 0 fully saturated rings. The first-order valence-electron chi connectivity index (χ1n) is 4.58. The van der Waals surface area contributed by atoms with Gasteiger partial charge in [0.1, 0.15) is 0 Å². The predicted octanol–water partition coefficient (Wildman–Crippen LogP) is 3.06. The molecule has 0 aliphatic carbocycles. The van der Waals surface area contributed by atoms with E-state index in [-0.39, 0.29) is 0 Å². The van der Waals surface area contributed by atoms with Gasteiger partial charge in [-0.3, -0.25) is 4.98 Å². The molecule has 0 bridgehead atoms. The van der Waals surface area contributed by atoms with Gasteiger partial charge in [-0.1, -0.05) is 29.3 Å². The summed E-state index contributed by atoms with van der Waals surface area (Å²) in [6, 6.07) is 5.72. The molecule has 0 atom stereocenters. The molecule has 78 valence electrons. The topological polar surface area (TPSA) is 16.1 Å². The van der Waals surface area contributed by atoms with E-state index in [1.165, 1.54) is 0 Å². The Bertz CT molecular complexity index is 423. The number of hydrogen-bond acceptors (Lipinski definition) is 2.